The van der Waals surface area contributed by atoms with E-state index in [2.05, 4.69) is 10.0 Å². The fraction of sp³-hybridized carbons (Fsp3) is 0.278. The fourth-order valence-electron chi connectivity index (χ4n) is 2.32. The molecule has 0 atom stereocenters. The molecule has 0 aliphatic heterocycles. The highest BCUT2D eigenvalue weighted by molar-refractivity contribution is 7.92. The zero-order chi connectivity index (χ0) is 17.7. The molecule has 0 aliphatic carbocycles. The molecule has 0 fully saturated rings. The Labute approximate surface area is 143 Å². The van der Waals surface area contributed by atoms with Gasteiger partial charge in [0.2, 0.25) is 15.9 Å². The van der Waals surface area contributed by atoms with Gasteiger partial charge in [0.25, 0.3) is 0 Å². The fourth-order valence-corrected chi connectivity index (χ4v) is 2.88. The van der Waals surface area contributed by atoms with Crippen LogP contribution in [0.25, 0.3) is 0 Å². The van der Waals surface area contributed by atoms with Crippen LogP contribution in [0.15, 0.2) is 42.5 Å². The van der Waals surface area contributed by atoms with Gasteiger partial charge in [-0.05, 0) is 48.2 Å². The molecule has 5 nitrogen and oxygen atoms in total. The Kier molecular flexibility index (Phi) is 5.62. The largest absolute Gasteiger partial charge is 0.352 e. The van der Waals surface area contributed by atoms with Crippen molar-refractivity contribution in [2.45, 2.75) is 26.8 Å². The van der Waals surface area contributed by atoms with Crippen LogP contribution in [0.4, 0.5) is 5.69 Å². The Morgan fingerprint density at radius 2 is 1.75 bits per heavy atom. The second-order valence-electron chi connectivity index (χ2n) is 5.95. The van der Waals surface area contributed by atoms with Crippen molar-refractivity contribution < 1.29 is 13.2 Å². The first kappa shape index (κ1) is 18.0. The van der Waals surface area contributed by atoms with E-state index >= 15 is 0 Å². The van der Waals surface area contributed by atoms with Crippen molar-refractivity contribution in [1.29, 1.82) is 0 Å². The molecule has 0 saturated heterocycles. The van der Waals surface area contributed by atoms with Crippen LogP contribution in [0.3, 0.4) is 0 Å². The first-order chi connectivity index (χ1) is 11.2. The maximum Gasteiger partial charge on any atom is 0.229 e. The molecular weight excluding hydrogens is 324 g/mol. The highest BCUT2D eigenvalue weighted by atomic mass is 32.2. The molecular formula is C18H22N2O3S. The second kappa shape index (κ2) is 7.49. The van der Waals surface area contributed by atoms with Gasteiger partial charge in [-0.2, -0.15) is 0 Å². The van der Waals surface area contributed by atoms with E-state index in [9.17, 15) is 13.2 Å². The van der Waals surface area contributed by atoms with Gasteiger partial charge in [-0.15, -0.1) is 0 Å². The number of nitrogens with one attached hydrogen (secondary N) is 2. The number of hydrogen-bond acceptors (Lipinski definition) is 3. The van der Waals surface area contributed by atoms with Crippen LogP contribution in [-0.2, 0) is 27.8 Å². The van der Waals surface area contributed by atoms with Gasteiger partial charge in [0.05, 0.1) is 12.7 Å². The van der Waals surface area contributed by atoms with Gasteiger partial charge in [-0.1, -0.05) is 30.3 Å². The molecule has 0 spiro atoms. The van der Waals surface area contributed by atoms with E-state index < -0.39 is 10.0 Å². The van der Waals surface area contributed by atoms with E-state index in [1.54, 1.807) is 18.2 Å². The number of amides is 1. The first-order valence-corrected chi connectivity index (χ1v) is 9.51. The number of carbonyl (C=O) groups is 1. The SMILES string of the molecule is Cc1ccc(CC(=O)NCc2cccc(NS(C)(=O)=O)c2)cc1C. The molecule has 0 radical (unpaired) electrons. The minimum atomic E-state index is -3.31. The van der Waals surface area contributed by atoms with Crippen molar-refractivity contribution in [2.24, 2.45) is 0 Å². The zero-order valence-corrected chi connectivity index (χ0v) is 14.9. The van der Waals surface area contributed by atoms with Crippen molar-refractivity contribution in [3.63, 3.8) is 0 Å². The lowest BCUT2D eigenvalue weighted by atomic mass is 10.0. The summed E-state index contributed by atoms with van der Waals surface area (Å²) in [5.74, 6) is -0.0697. The molecule has 2 aromatic carbocycles. The van der Waals surface area contributed by atoms with Gasteiger partial charge in [0.15, 0.2) is 0 Å². The normalized spacial score (nSPS) is 11.1. The lowest BCUT2D eigenvalue weighted by Crippen LogP contribution is -2.24. The molecule has 2 rings (SSSR count). The number of benzene rings is 2. The number of aryl methyl sites for hydroxylation is 2. The number of sulfonamides is 1. The molecule has 0 unspecified atom stereocenters. The molecule has 2 aromatic rings. The average Bonchev–Trinajstić information content (AvgIpc) is 2.48. The van der Waals surface area contributed by atoms with Crippen LogP contribution in [-0.4, -0.2) is 20.6 Å². The van der Waals surface area contributed by atoms with Gasteiger partial charge in [0.1, 0.15) is 0 Å². The van der Waals surface area contributed by atoms with Crippen molar-refractivity contribution >= 4 is 21.6 Å². The third-order valence-electron chi connectivity index (χ3n) is 3.66. The van der Waals surface area contributed by atoms with Crippen molar-refractivity contribution in [2.75, 3.05) is 11.0 Å². The van der Waals surface area contributed by atoms with Gasteiger partial charge >= 0.3 is 0 Å². The highest BCUT2D eigenvalue weighted by Crippen LogP contribution is 2.13. The van der Waals surface area contributed by atoms with Crippen LogP contribution < -0.4 is 10.0 Å². The summed E-state index contributed by atoms with van der Waals surface area (Å²) in [6.45, 7) is 4.41. The average molecular weight is 346 g/mol. The molecule has 0 aliphatic rings. The van der Waals surface area contributed by atoms with Crippen LogP contribution in [0, 0.1) is 13.8 Å². The second-order valence-corrected chi connectivity index (χ2v) is 7.70. The van der Waals surface area contributed by atoms with Crippen LogP contribution in [0.5, 0.6) is 0 Å². The quantitative estimate of drug-likeness (QED) is 0.844. The van der Waals surface area contributed by atoms with Crippen LogP contribution in [0.1, 0.15) is 22.3 Å². The van der Waals surface area contributed by atoms with E-state index in [-0.39, 0.29) is 5.91 Å². The van der Waals surface area contributed by atoms with Crippen LogP contribution in [0.2, 0.25) is 0 Å². The van der Waals surface area contributed by atoms with E-state index in [0.29, 0.717) is 18.7 Å². The van der Waals surface area contributed by atoms with Crippen molar-refractivity contribution in [1.82, 2.24) is 5.32 Å². The van der Waals surface area contributed by atoms with Gasteiger partial charge < -0.3 is 5.32 Å². The molecule has 24 heavy (non-hydrogen) atoms. The summed E-state index contributed by atoms with van der Waals surface area (Å²) in [5, 5.41) is 2.86. The summed E-state index contributed by atoms with van der Waals surface area (Å²) in [5.41, 5.74) is 4.66. The lowest BCUT2D eigenvalue weighted by molar-refractivity contribution is -0.120. The van der Waals surface area contributed by atoms with Crippen molar-refractivity contribution in [3.05, 3.63) is 64.7 Å². The summed E-state index contributed by atoms with van der Waals surface area (Å²) in [6.07, 6.45) is 1.42. The third-order valence-corrected chi connectivity index (χ3v) is 4.26. The minimum Gasteiger partial charge on any atom is -0.352 e. The minimum absolute atomic E-state index is 0.0697. The van der Waals surface area contributed by atoms with E-state index in [4.69, 9.17) is 0 Å². The van der Waals surface area contributed by atoms with E-state index in [0.717, 1.165) is 17.4 Å². The Balaban J connectivity index is 1.94. The smallest absolute Gasteiger partial charge is 0.229 e. The molecule has 0 saturated carbocycles. The first-order valence-electron chi connectivity index (χ1n) is 7.62. The Morgan fingerprint density at radius 1 is 1.00 bits per heavy atom. The van der Waals surface area contributed by atoms with Crippen molar-refractivity contribution in [3.8, 4) is 0 Å². The summed E-state index contributed by atoms with van der Waals surface area (Å²) < 4.78 is 24.9. The van der Waals surface area contributed by atoms with Gasteiger partial charge in [-0.25, -0.2) is 8.42 Å². The molecule has 0 heterocycles. The molecule has 128 valence electrons. The monoisotopic (exact) mass is 346 g/mol. The molecule has 6 heteroatoms. The molecule has 0 bridgehead atoms. The summed E-state index contributed by atoms with van der Waals surface area (Å²) >= 11 is 0. The summed E-state index contributed by atoms with van der Waals surface area (Å²) in [6, 6.07) is 12.9. The molecule has 1 amide bonds. The lowest BCUT2D eigenvalue weighted by Gasteiger charge is -2.09. The topological polar surface area (TPSA) is 75.3 Å². The zero-order valence-electron chi connectivity index (χ0n) is 14.1. The Bertz CT molecular complexity index is 845. The van der Waals surface area contributed by atoms with Gasteiger partial charge in [0, 0.05) is 12.2 Å². The number of carbonyl (C=O) groups excluding carboxylic acids is 1. The Hall–Kier alpha value is -2.34. The predicted octanol–water partition coefficient (Wildman–Crippen LogP) is 2.53. The third kappa shape index (κ3) is 5.70. The standard InChI is InChI=1S/C18H22N2O3S/c1-13-7-8-15(9-14(13)2)11-18(21)19-12-16-5-4-6-17(10-16)20-24(3,22)23/h4-10,20H,11-12H2,1-3H3,(H,19,21). The number of rotatable bonds is 6. The predicted molar refractivity (Wildman–Crippen MR) is 96.4 cm³/mol. The maximum atomic E-state index is 12.1. The van der Waals surface area contributed by atoms with Gasteiger partial charge in [-0.3, -0.25) is 9.52 Å². The summed E-state index contributed by atoms with van der Waals surface area (Å²) in [7, 11) is -3.31. The summed E-state index contributed by atoms with van der Waals surface area (Å²) in [4.78, 5) is 12.1. The molecule has 2 N–H and O–H groups in total. The Morgan fingerprint density at radius 3 is 2.42 bits per heavy atom. The van der Waals surface area contributed by atoms with E-state index in [1.807, 2.05) is 38.1 Å². The highest BCUT2D eigenvalue weighted by Gasteiger charge is 2.06. The van der Waals surface area contributed by atoms with E-state index in [1.165, 1.54) is 11.1 Å². The molecule has 0 aromatic heterocycles. The number of hydrogen-bond donors (Lipinski definition) is 2. The maximum absolute atomic E-state index is 12.1. The number of anilines is 1. The van der Waals surface area contributed by atoms with Crippen LogP contribution >= 0.6 is 0 Å².